The van der Waals surface area contributed by atoms with Crippen LogP contribution in [0.4, 0.5) is 5.13 Å². The molecule has 0 aliphatic heterocycles. The molecule has 0 bridgehead atoms. The van der Waals surface area contributed by atoms with Gasteiger partial charge in [0.25, 0.3) is 0 Å². The van der Waals surface area contributed by atoms with E-state index in [4.69, 9.17) is 10.00 Å². The van der Waals surface area contributed by atoms with Crippen LogP contribution < -0.4 is 4.90 Å². The molecule has 0 radical (unpaired) electrons. The molecular formula is C13H19N3O3S. The minimum Gasteiger partial charge on any atom is -0.481 e. The Bertz CT molecular complexity index is 493. The number of carbonyl (C=O) groups is 1. The van der Waals surface area contributed by atoms with Gasteiger partial charge in [0.2, 0.25) is 0 Å². The fraction of sp³-hybridized carbons (Fsp3) is 0.615. The number of rotatable bonds is 8. The summed E-state index contributed by atoms with van der Waals surface area (Å²) in [5.41, 5.74) is -0.485. The zero-order chi connectivity index (χ0) is 15.2. The maximum absolute atomic E-state index is 11.2. The number of nitrogens with zero attached hydrogens (tertiary/aromatic N) is 3. The zero-order valence-corrected chi connectivity index (χ0v) is 12.7. The van der Waals surface area contributed by atoms with E-state index >= 15 is 0 Å². The van der Waals surface area contributed by atoms with E-state index in [2.05, 4.69) is 11.1 Å². The summed E-state index contributed by atoms with van der Waals surface area (Å²) >= 11 is 1.39. The Morgan fingerprint density at radius 1 is 1.60 bits per heavy atom. The minimum absolute atomic E-state index is 0.390. The molecule has 1 heterocycles. The lowest BCUT2D eigenvalue weighted by molar-refractivity contribution is -0.142. The van der Waals surface area contributed by atoms with Crippen molar-refractivity contribution in [1.82, 2.24) is 4.98 Å². The Labute approximate surface area is 122 Å². The van der Waals surface area contributed by atoms with Gasteiger partial charge in [-0.15, -0.1) is 11.3 Å². The van der Waals surface area contributed by atoms with Crippen LogP contribution in [0, 0.1) is 11.3 Å². The Hall–Kier alpha value is -1.65. The van der Waals surface area contributed by atoms with E-state index in [0.29, 0.717) is 31.8 Å². The van der Waals surface area contributed by atoms with Gasteiger partial charge in [-0.05, 0) is 13.8 Å². The lowest BCUT2D eigenvalue weighted by atomic mass is 9.90. The molecule has 0 fully saturated rings. The van der Waals surface area contributed by atoms with E-state index in [-0.39, 0.29) is 0 Å². The molecule has 0 saturated carbocycles. The molecule has 0 aromatic carbocycles. The number of nitriles is 1. The van der Waals surface area contributed by atoms with E-state index in [1.165, 1.54) is 11.3 Å². The van der Waals surface area contributed by atoms with Crippen molar-refractivity contribution in [3.63, 3.8) is 0 Å². The first-order chi connectivity index (χ1) is 9.43. The SMILES string of the molecule is COCCN(CCC#N)c1nc(C(C)(C)C(=O)O)cs1. The van der Waals surface area contributed by atoms with E-state index in [0.717, 1.165) is 5.13 Å². The number of anilines is 1. The van der Waals surface area contributed by atoms with Gasteiger partial charge in [0.15, 0.2) is 5.13 Å². The number of aromatic nitrogens is 1. The van der Waals surface area contributed by atoms with Gasteiger partial charge in [0, 0.05) is 25.6 Å². The lowest BCUT2D eigenvalue weighted by Gasteiger charge is -2.20. The second kappa shape index (κ2) is 7.22. The van der Waals surface area contributed by atoms with Crippen molar-refractivity contribution in [1.29, 1.82) is 5.26 Å². The van der Waals surface area contributed by atoms with Gasteiger partial charge >= 0.3 is 5.97 Å². The maximum atomic E-state index is 11.2. The van der Waals surface area contributed by atoms with Crippen LogP contribution in [0.2, 0.25) is 0 Å². The first-order valence-electron chi connectivity index (χ1n) is 6.23. The first kappa shape index (κ1) is 16.4. The monoisotopic (exact) mass is 297 g/mol. The summed E-state index contributed by atoms with van der Waals surface area (Å²) in [7, 11) is 1.61. The zero-order valence-electron chi connectivity index (χ0n) is 11.9. The van der Waals surface area contributed by atoms with E-state index < -0.39 is 11.4 Å². The van der Waals surface area contributed by atoms with Crippen molar-refractivity contribution < 1.29 is 14.6 Å². The second-order valence-corrected chi connectivity index (χ2v) is 5.67. The summed E-state index contributed by atoms with van der Waals surface area (Å²) in [6, 6.07) is 2.10. The highest BCUT2D eigenvalue weighted by atomic mass is 32.1. The van der Waals surface area contributed by atoms with Gasteiger partial charge in [0.1, 0.15) is 5.41 Å². The summed E-state index contributed by atoms with van der Waals surface area (Å²) < 4.78 is 5.04. The van der Waals surface area contributed by atoms with Crippen LogP contribution in [0.25, 0.3) is 0 Å². The third-order valence-corrected chi connectivity index (χ3v) is 3.90. The quantitative estimate of drug-likeness (QED) is 0.788. The van der Waals surface area contributed by atoms with Crippen LogP contribution >= 0.6 is 11.3 Å². The van der Waals surface area contributed by atoms with Gasteiger partial charge in [0.05, 0.1) is 24.8 Å². The summed E-state index contributed by atoms with van der Waals surface area (Å²) in [6.45, 7) is 4.97. The molecule has 1 N–H and O–H groups in total. The number of methoxy groups -OCH3 is 1. The predicted octanol–water partition coefficient (Wildman–Crippen LogP) is 1.87. The average molecular weight is 297 g/mol. The van der Waals surface area contributed by atoms with Gasteiger partial charge < -0.3 is 14.7 Å². The minimum atomic E-state index is -1.02. The molecule has 0 spiro atoms. The van der Waals surface area contributed by atoms with Crippen LogP contribution in [0.15, 0.2) is 5.38 Å². The molecule has 0 aliphatic carbocycles. The van der Waals surface area contributed by atoms with Gasteiger partial charge in [-0.25, -0.2) is 4.98 Å². The number of hydrogen-bond acceptors (Lipinski definition) is 6. The predicted molar refractivity (Wildman–Crippen MR) is 77.1 cm³/mol. The molecule has 1 aromatic rings. The fourth-order valence-corrected chi connectivity index (χ4v) is 2.54. The Kier molecular flexibility index (Phi) is 5.92. The third kappa shape index (κ3) is 3.92. The molecule has 1 rings (SSSR count). The highest BCUT2D eigenvalue weighted by molar-refractivity contribution is 7.13. The van der Waals surface area contributed by atoms with Crippen molar-refractivity contribution >= 4 is 22.4 Å². The molecule has 6 nitrogen and oxygen atoms in total. The van der Waals surface area contributed by atoms with E-state index in [1.807, 2.05) is 4.90 Å². The molecule has 0 unspecified atom stereocenters. The number of hydrogen-bond donors (Lipinski definition) is 1. The standard InChI is InChI=1S/C13H19N3O3S/c1-13(2,11(17)18)10-9-20-12(15-10)16(6-4-5-14)7-8-19-3/h9H,4,6-8H2,1-3H3,(H,17,18). The highest BCUT2D eigenvalue weighted by Gasteiger charge is 2.32. The molecule has 0 atom stereocenters. The van der Waals surface area contributed by atoms with Crippen molar-refractivity contribution in [3.8, 4) is 6.07 Å². The van der Waals surface area contributed by atoms with Crippen molar-refractivity contribution in [3.05, 3.63) is 11.1 Å². The number of aliphatic carboxylic acids is 1. The summed E-state index contributed by atoms with van der Waals surface area (Å²) in [6.07, 6.45) is 0.390. The fourth-order valence-electron chi connectivity index (χ4n) is 1.50. The number of thiazole rings is 1. The molecule has 0 saturated heterocycles. The van der Waals surface area contributed by atoms with E-state index in [1.54, 1.807) is 26.3 Å². The summed E-state index contributed by atoms with van der Waals surface area (Å²) in [4.78, 5) is 17.6. The third-order valence-electron chi connectivity index (χ3n) is 3.00. The Balaban J connectivity index is 2.90. The molecule has 20 heavy (non-hydrogen) atoms. The molecule has 0 aliphatic rings. The second-order valence-electron chi connectivity index (χ2n) is 4.83. The van der Waals surface area contributed by atoms with Crippen molar-refractivity contribution in [2.75, 3.05) is 31.7 Å². The average Bonchev–Trinajstić information content (AvgIpc) is 2.89. The highest BCUT2D eigenvalue weighted by Crippen LogP contribution is 2.29. The van der Waals surface area contributed by atoms with Crippen LogP contribution in [-0.4, -0.2) is 42.9 Å². The molecular weight excluding hydrogens is 278 g/mol. The van der Waals surface area contributed by atoms with Gasteiger partial charge in [-0.3, -0.25) is 4.79 Å². The van der Waals surface area contributed by atoms with Crippen LogP contribution in [-0.2, 0) is 14.9 Å². The van der Waals surface area contributed by atoms with Gasteiger partial charge in [-0.1, -0.05) is 0 Å². The molecule has 110 valence electrons. The van der Waals surface area contributed by atoms with E-state index in [9.17, 15) is 9.90 Å². The van der Waals surface area contributed by atoms with Crippen molar-refractivity contribution in [2.45, 2.75) is 25.7 Å². The van der Waals surface area contributed by atoms with Gasteiger partial charge in [-0.2, -0.15) is 5.26 Å². The van der Waals surface area contributed by atoms with Crippen LogP contribution in [0.3, 0.4) is 0 Å². The number of carboxylic acids is 1. The number of carboxylic acid groups (broad SMARTS) is 1. The molecule has 7 heteroatoms. The maximum Gasteiger partial charge on any atom is 0.315 e. The van der Waals surface area contributed by atoms with Crippen LogP contribution in [0.1, 0.15) is 26.0 Å². The topological polar surface area (TPSA) is 86.5 Å². The van der Waals surface area contributed by atoms with Crippen molar-refractivity contribution in [2.24, 2.45) is 0 Å². The smallest absolute Gasteiger partial charge is 0.315 e. The molecule has 1 aromatic heterocycles. The molecule has 0 amide bonds. The normalized spacial score (nSPS) is 11.1. The summed E-state index contributed by atoms with van der Waals surface area (Å²) in [5, 5.41) is 20.4. The Morgan fingerprint density at radius 3 is 2.85 bits per heavy atom. The van der Waals surface area contributed by atoms with Crippen LogP contribution in [0.5, 0.6) is 0 Å². The number of ether oxygens (including phenoxy) is 1. The Morgan fingerprint density at radius 2 is 2.30 bits per heavy atom. The first-order valence-corrected chi connectivity index (χ1v) is 7.11. The lowest BCUT2D eigenvalue weighted by Crippen LogP contribution is -2.30. The summed E-state index contributed by atoms with van der Waals surface area (Å²) in [5.74, 6) is -0.908. The largest absolute Gasteiger partial charge is 0.481 e.